The summed E-state index contributed by atoms with van der Waals surface area (Å²) in [5, 5.41) is 9.79. The first-order valence-corrected chi connectivity index (χ1v) is 5.12. The van der Waals surface area contributed by atoms with Crippen LogP contribution in [-0.2, 0) is 0 Å². The quantitative estimate of drug-likeness (QED) is 0.684. The van der Waals surface area contributed by atoms with Crippen molar-refractivity contribution in [2.45, 2.75) is 44.0 Å². The topological polar surface area (TPSA) is 20.2 Å². The molecule has 60 valence electrons. The lowest BCUT2D eigenvalue weighted by Gasteiger charge is -2.20. The lowest BCUT2D eigenvalue weighted by molar-refractivity contribution is 0.122. The molecule has 1 fully saturated rings. The molecule has 0 aromatic heterocycles. The van der Waals surface area contributed by atoms with Crippen LogP contribution < -0.4 is 0 Å². The highest BCUT2D eigenvalue weighted by Gasteiger charge is 2.30. The molecule has 1 heterocycles. The van der Waals surface area contributed by atoms with Crippen molar-refractivity contribution < 1.29 is 5.11 Å². The summed E-state index contributed by atoms with van der Waals surface area (Å²) in [5.41, 5.74) is 0. The van der Waals surface area contributed by atoms with Crippen LogP contribution in [0.25, 0.3) is 0 Å². The van der Waals surface area contributed by atoms with Crippen molar-refractivity contribution in [2.24, 2.45) is 0 Å². The number of aliphatic hydroxyl groups is 1. The molecule has 0 spiro atoms. The van der Waals surface area contributed by atoms with Crippen molar-refractivity contribution in [2.75, 3.05) is 5.75 Å². The summed E-state index contributed by atoms with van der Waals surface area (Å²) in [6.07, 6.45) is 5.57. The van der Waals surface area contributed by atoms with E-state index >= 15 is 0 Å². The highest BCUT2D eigenvalue weighted by molar-refractivity contribution is 8.00. The van der Waals surface area contributed by atoms with Crippen LogP contribution in [0.3, 0.4) is 0 Å². The van der Waals surface area contributed by atoms with Crippen molar-refractivity contribution in [1.82, 2.24) is 0 Å². The van der Waals surface area contributed by atoms with Crippen LogP contribution in [0.2, 0.25) is 0 Å². The molecular weight excluding hydrogens is 144 g/mol. The summed E-state index contributed by atoms with van der Waals surface area (Å²) < 4.78 is 0. The molecule has 0 bridgehead atoms. The maximum Gasteiger partial charge on any atom is 0.110 e. The zero-order valence-electron chi connectivity index (χ0n) is 6.60. The summed E-state index contributed by atoms with van der Waals surface area (Å²) in [4.78, 5) is -0.337. The van der Waals surface area contributed by atoms with Gasteiger partial charge in [-0.25, -0.2) is 0 Å². The van der Waals surface area contributed by atoms with Crippen LogP contribution >= 0.6 is 11.8 Å². The highest BCUT2D eigenvalue weighted by Crippen LogP contribution is 2.39. The summed E-state index contributed by atoms with van der Waals surface area (Å²) >= 11 is 1.74. The molecule has 1 aliphatic heterocycles. The minimum atomic E-state index is -0.337. The smallest absolute Gasteiger partial charge is 0.110 e. The fraction of sp³-hybridized carbons (Fsp3) is 1.00. The highest BCUT2D eigenvalue weighted by atomic mass is 32.2. The maximum absolute atomic E-state index is 9.79. The third-order valence-electron chi connectivity index (χ3n) is 2.00. The van der Waals surface area contributed by atoms with Gasteiger partial charge in [-0.05, 0) is 31.4 Å². The number of rotatable bonds is 3. The van der Waals surface area contributed by atoms with E-state index in [1.165, 1.54) is 19.3 Å². The first-order valence-electron chi connectivity index (χ1n) is 4.13. The predicted molar refractivity (Wildman–Crippen MR) is 46.2 cm³/mol. The largest absolute Gasteiger partial charge is 0.380 e. The molecule has 1 N–H and O–H groups in total. The fourth-order valence-corrected chi connectivity index (χ4v) is 2.58. The van der Waals surface area contributed by atoms with Gasteiger partial charge in [0.1, 0.15) is 4.93 Å². The summed E-state index contributed by atoms with van der Waals surface area (Å²) in [5.74, 6) is 1.15. The van der Waals surface area contributed by atoms with Gasteiger partial charge in [-0.1, -0.05) is 13.3 Å². The van der Waals surface area contributed by atoms with Crippen LogP contribution in [-0.4, -0.2) is 15.8 Å². The van der Waals surface area contributed by atoms with E-state index in [1.807, 2.05) is 0 Å². The van der Waals surface area contributed by atoms with Crippen molar-refractivity contribution in [1.29, 1.82) is 0 Å². The van der Waals surface area contributed by atoms with Gasteiger partial charge in [0.2, 0.25) is 0 Å². The normalized spacial score (nSPS) is 33.0. The molecule has 0 radical (unpaired) electrons. The minimum Gasteiger partial charge on any atom is -0.380 e. The van der Waals surface area contributed by atoms with E-state index < -0.39 is 0 Å². The Morgan fingerprint density at radius 3 is 2.90 bits per heavy atom. The Balaban J connectivity index is 2.22. The van der Waals surface area contributed by atoms with Crippen LogP contribution in [0.15, 0.2) is 0 Å². The molecule has 1 rings (SSSR count). The van der Waals surface area contributed by atoms with E-state index in [0.29, 0.717) is 0 Å². The van der Waals surface area contributed by atoms with Gasteiger partial charge in [-0.15, -0.1) is 11.8 Å². The monoisotopic (exact) mass is 160 g/mol. The summed E-state index contributed by atoms with van der Waals surface area (Å²) in [6, 6.07) is 0. The van der Waals surface area contributed by atoms with E-state index in [1.54, 1.807) is 11.8 Å². The molecule has 1 unspecified atom stereocenters. The molecule has 1 atom stereocenters. The second kappa shape index (κ2) is 3.63. The van der Waals surface area contributed by atoms with Gasteiger partial charge >= 0.3 is 0 Å². The average molecular weight is 160 g/mol. The van der Waals surface area contributed by atoms with Gasteiger partial charge in [-0.2, -0.15) is 0 Å². The summed E-state index contributed by atoms with van der Waals surface area (Å²) in [7, 11) is 0. The van der Waals surface area contributed by atoms with Crippen LogP contribution in [0.5, 0.6) is 0 Å². The second-order valence-electron chi connectivity index (χ2n) is 3.00. The third-order valence-corrected chi connectivity index (χ3v) is 3.44. The molecule has 10 heavy (non-hydrogen) atoms. The zero-order chi connectivity index (χ0) is 7.45. The molecular formula is C8H16OS. The second-order valence-corrected chi connectivity index (χ2v) is 4.46. The number of unbranched alkanes of at least 4 members (excludes halogenated alkanes) is 1. The third kappa shape index (κ3) is 2.17. The molecule has 0 amide bonds. The van der Waals surface area contributed by atoms with Gasteiger partial charge in [0.15, 0.2) is 0 Å². The first-order chi connectivity index (χ1) is 4.77. The molecule has 1 saturated heterocycles. The molecule has 0 aliphatic carbocycles. The Kier molecular flexibility index (Phi) is 3.05. The SMILES string of the molecule is CCCCC1(O)CCCS1. The Labute approximate surface area is 67.2 Å². The van der Waals surface area contributed by atoms with Gasteiger partial charge < -0.3 is 5.11 Å². The van der Waals surface area contributed by atoms with Gasteiger partial charge in [0, 0.05) is 0 Å². The molecule has 1 nitrogen and oxygen atoms in total. The number of thioether (sulfide) groups is 1. The van der Waals surface area contributed by atoms with E-state index in [4.69, 9.17) is 0 Å². The Bertz CT molecular complexity index is 97.4. The Hall–Kier alpha value is 0.310. The van der Waals surface area contributed by atoms with Crippen molar-refractivity contribution in [3.63, 3.8) is 0 Å². The van der Waals surface area contributed by atoms with Crippen molar-refractivity contribution >= 4 is 11.8 Å². The van der Waals surface area contributed by atoms with E-state index in [0.717, 1.165) is 18.6 Å². The van der Waals surface area contributed by atoms with Gasteiger partial charge in [0.25, 0.3) is 0 Å². The fourth-order valence-electron chi connectivity index (χ4n) is 1.33. The molecule has 0 aromatic rings. The average Bonchev–Trinajstić information content (AvgIpc) is 2.33. The Morgan fingerprint density at radius 2 is 2.40 bits per heavy atom. The number of hydrogen-bond acceptors (Lipinski definition) is 2. The zero-order valence-corrected chi connectivity index (χ0v) is 7.41. The minimum absolute atomic E-state index is 0.337. The van der Waals surface area contributed by atoms with Crippen molar-refractivity contribution in [3.8, 4) is 0 Å². The van der Waals surface area contributed by atoms with E-state index in [-0.39, 0.29) is 4.93 Å². The van der Waals surface area contributed by atoms with E-state index in [2.05, 4.69) is 6.92 Å². The van der Waals surface area contributed by atoms with Crippen LogP contribution in [0.4, 0.5) is 0 Å². The summed E-state index contributed by atoms with van der Waals surface area (Å²) in [6.45, 7) is 2.17. The maximum atomic E-state index is 9.79. The van der Waals surface area contributed by atoms with Crippen molar-refractivity contribution in [3.05, 3.63) is 0 Å². The standard InChI is InChI=1S/C8H16OS/c1-2-3-5-8(9)6-4-7-10-8/h9H,2-7H2,1H3. The molecule has 0 aromatic carbocycles. The molecule has 2 heteroatoms. The van der Waals surface area contributed by atoms with E-state index in [9.17, 15) is 5.11 Å². The number of hydrogen-bond donors (Lipinski definition) is 1. The molecule has 1 aliphatic rings. The molecule has 0 saturated carbocycles. The van der Waals surface area contributed by atoms with Gasteiger partial charge in [-0.3, -0.25) is 0 Å². The first kappa shape index (κ1) is 8.41. The van der Waals surface area contributed by atoms with Crippen LogP contribution in [0.1, 0.15) is 39.0 Å². The predicted octanol–water partition coefficient (Wildman–Crippen LogP) is 2.39. The lowest BCUT2D eigenvalue weighted by atomic mass is 10.1. The lowest BCUT2D eigenvalue weighted by Crippen LogP contribution is -2.19. The Morgan fingerprint density at radius 1 is 1.60 bits per heavy atom. The van der Waals surface area contributed by atoms with Crippen LogP contribution in [0, 0.1) is 0 Å². The van der Waals surface area contributed by atoms with Gasteiger partial charge in [0.05, 0.1) is 0 Å².